The molecular weight excluding hydrogens is 258 g/mol. The summed E-state index contributed by atoms with van der Waals surface area (Å²) in [5, 5.41) is 6.15. The highest BCUT2D eigenvalue weighted by Crippen LogP contribution is 2.26. The molecule has 0 spiro atoms. The Balaban J connectivity index is 1.95. The van der Waals surface area contributed by atoms with E-state index in [9.17, 15) is 9.59 Å². The van der Waals surface area contributed by atoms with Crippen LogP contribution in [0.25, 0.3) is 0 Å². The first-order chi connectivity index (χ1) is 9.37. The topological polar surface area (TPSA) is 75.3 Å². The van der Waals surface area contributed by atoms with Crippen molar-refractivity contribution in [1.29, 1.82) is 0 Å². The second kappa shape index (κ2) is 5.64. The molecule has 1 aromatic heterocycles. The minimum Gasteiger partial charge on any atom is -0.444 e. The maximum atomic E-state index is 11.9. The zero-order valence-corrected chi connectivity index (χ0v) is 12.2. The molecule has 2 rings (SSSR count). The van der Waals surface area contributed by atoms with Gasteiger partial charge in [-0.1, -0.05) is 0 Å². The molecule has 1 aliphatic rings. The minimum absolute atomic E-state index is 0.136. The predicted molar refractivity (Wildman–Crippen MR) is 74.6 cm³/mol. The number of hydrogen-bond donors (Lipinski definition) is 1. The number of aromatic nitrogens is 2. The number of carbonyl (C=O) groups is 1. The summed E-state index contributed by atoms with van der Waals surface area (Å²) >= 11 is 0. The van der Waals surface area contributed by atoms with Crippen LogP contribution in [0.4, 0.5) is 4.79 Å². The van der Waals surface area contributed by atoms with Crippen LogP contribution in [0.2, 0.25) is 0 Å². The van der Waals surface area contributed by atoms with Crippen LogP contribution in [0.1, 0.15) is 45.1 Å². The second-order valence-electron chi connectivity index (χ2n) is 6.08. The monoisotopic (exact) mass is 279 g/mol. The van der Waals surface area contributed by atoms with Gasteiger partial charge in [0.2, 0.25) is 0 Å². The van der Waals surface area contributed by atoms with Gasteiger partial charge >= 0.3 is 6.09 Å². The fourth-order valence-electron chi connectivity index (χ4n) is 2.37. The lowest BCUT2D eigenvalue weighted by molar-refractivity contribution is 0.0204. The van der Waals surface area contributed by atoms with Crippen molar-refractivity contribution in [3.8, 4) is 0 Å². The van der Waals surface area contributed by atoms with Crippen LogP contribution in [-0.2, 0) is 4.74 Å². The summed E-state index contributed by atoms with van der Waals surface area (Å²) in [7, 11) is 0. The van der Waals surface area contributed by atoms with Crippen LogP contribution in [0.3, 0.4) is 0 Å². The van der Waals surface area contributed by atoms with Gasteiger partial charge in [0, 0.05) is 24.8 Å². The van der Waals surface area contributed by atoms with E-state index in [2.05, 4.69) is 10.2 Å². The van der Waals surface area contributed by atoms with E-state index in [0.29, 0.717) is 13.1 Å². The minimum atomic E-state index is -0.476. The van der Waals surface area contributed by atoms with E-state index >= 15 is 0 Å². The van der Waals surface area contributed by atoms with Crippen molar-refractivity contribution >= 4 is 6.09 Å². The molecule has 0 aromatic carbocycles. The van der Waals surface area contributed by atoms with Gasteiger partial charge in [0.1, 0.15) is 5.60 Å². The molecule has 2 heterocycles. The lowest BCUT2D eigenvalue weighted by atomic mass is 9.91. The average molecular weight is 279 g/mol. The van der Waals surface area contributed by atoms with Gasteiger partial charge < -0.3 is 9.64 Å². The number of nitrogens with one attached hydrogen (secondary N) is 1. The maximum absolute atomic E-state index is 11.9. The standard InChI is InChI=1S/C14H21N3O3/c1-14(2,3)20-13(19)17-8-5-10(6-9-17)11-4-7-15-16-12(11)18/h4,7,10H,5-6,8-9H2,1-3H3,(H,16,18). The molecule has 6 heteroatoms. The Morgan fingerprint density at radius 3 is 2.60 bits per heavy atom. The molecule has 20 heavy (non-hydrogen) atoms. The van der Waals surface area contributed by atoms with Gasteiger partial charge in [-0.15, -0.1) is 0 Å². The zero-order valence-electron chi connectivity index (χ0n) is 12.2. The quantitative estimate of drug-likeness (QED) is 0.851. The van der Waals surface area contributed by atoms with E-state index < -0.39 is 5.60 Å². The highest BCUT2D eigenvalue weighted by atomic mass is 16.6. The van der Waals surface area contributed by atoms with Crippen molar-refractivity contribution in [2.75, 3.05) is 13.1 Å². The number of aromatic amines is 1. The molecular formula is C14H21N3O3. The molecule has 1 fully saturated rings. The van der Waals surface area contributed by atoms with Crippen molar-refractivity contribution in [3.05, 3.63) is 28.2 Å². The van der Waals surface area contributed by atoms with Crippen molar-refractivity contribution in [1.82, 2.24) is 15.1 Å². The molecule has 6 nitrogen and oxygen atoms in total. The Morgan fingerprint density at radius 2 is 2.05 bits per heavy atom. The molecule has 1 aromatic rings. The van der Waals surface area contributed by atoms with Gasteiger partial charge in [-0.3, -0.25) is 4.79 Å². The van der Waals surface area contributed by atoms with Crippen LogP contribution in [0, 0.1) is 0 Å². The maximum Gasteiger partial charge on any atom is 0.410 e. The third-order valence-electron chi connectivity index (χ3n) is 3.34. The third-order valence-corrected chi connectivity index (χ3v) is 3.34. The summed E-state index contributed by atoms with van der Waals surface area (Å²) in [5.74, 6) is 0.181. The van der Waals surface area contributed by atoms with E-state index in [1.54, 1.807) is 17.2 Å². The first kappa shape index (κ1) is 14.6. The number of carbonyl (C=O) groups excluding carboxylic acids is 1. The fourth-order valence-corrected chi connectivity index (χ4v) is 2.37. The number of likely N-dealkylation sites (tertiary alicyclic amines) is 1. The van der Waals surface area contributed by atoms with Gasteiger partial charge in [0.05, 0.1) is 0 Å². The number of piperidine rings is 1. The Hall–Kier alpha value is -1.85. The van der Waals surface area contributed by atoms with Gasteiger partial charge in [0.25, 0.3) is 5.56 Å². The van der Waals surface area contributed by atoms with Crippen LogP contribution in [-0.4, -0.2) is 39.9 Å². The van der Waals surface area contributed by atoms with Crippen LogP contribution in [0.15, 0.2) is 17.1 Å². The molecule has 0 aliphatic carbocycles. The van der Waals surface area contributed by atoms with Crippen molar-refractivity contribution in [2.45, 2.75) is 45.1 Å². The van der Waals surface area contributed by atoms with Crippen molar-refractivity contribution < 1.29 is 9.53 Å². The normalized spacial score (nSPS) is 17.1. The average Bonchev–Trinajstić information content (AvgIpc) is 2.37. The smallest absolute Gasteiger partial charge is 0.410 e. The lowest BCUT2D eigenvalue weighted by Gasteiger charge is -2.33. The molecule has 1 saturated heterocycles. The van der Waals surface area contributed by atoms with E-state index in [1.807, 2.05) is 20.8 Å². The highest BCUT2D eigenvalue weighted by molar-refractivity contribution is 5.68. The molecule has 0 saturated carbocycles. The molecule has 0 unspecified atom stereocenters. The first-order valence-corrected chi connectivity index (χ1v) is 6.88. The van der Waals surface area contributed by atoms with E-state index in [4.69, 9.17) is 4.74 Å². The fraction of sp³-hybridized carbons (Fsp3) is 0.643. The zero-order chi connectivity index (χ0) is 14.8. The Kier molecular flexibility index (Phi) is 4.11. The van der Waals surface area contributed by atoms with E-state index in [0.717, 1.165) is 18.4 Å². The van der Waals surface area contributed by atoms with Gasteiger partial charge in [-0.05, 0) is 45.6 Å². The molecule has 1 amide bonds. The number of ether oxygens (including phenoxy) is 1. The summed E-state index contributed by atoms with van der Waals surface area (Å²) in [4.78, 5) is 25.4. The first-order valence-electron chi connectivity index (χ1n) is 6.88. The molecule has 0 atom stereocenters. The number of rotatable bonds is 1. The SMILES string of the molecule is CC(C)(C)OC(=O)N1CCC(c2ccn[nH]c2=O)CC1. The van der Waals surface area contributed by atoms with E-state index in [1.165, 1.54) is 0 Å². The third kappa shape index (κ3) is 3.59. The molecule has 0 radical (unpaired) electrons. The largest absolute Gasteiger partial charge is 0.444 e. The number of H-pyrrole nitrogens is 1. The second-order valence-corrected chi connectivity index (χ2v) is 6.08. The van der Waals surface area contributed by atoms with Gasteiger partial charge in [-0.2, -0.15) is 5.10 Å². The van der Waals surface area contributed by atoms with Crippen LogP contribution in [0.5, 0.6) is 0 Å². The van der Waals surface area contributed by atoms with Gasteiger partial charge in [0.15, 0.2) is 0 Å². The summed E-state index contributed by atoms with van der Waals surface area (Å²) in [6, 6.07) is 1.76. The summed E-state index contributed by atoms with van der Waals surface area (Å²) in [5.41, 5.74) is 0.142. The predicted octanol–water partition coefficient (Wildman–Crippen LogP) is 1.88. The lowest BCUT2D eigenvalue weighted by Crippen LogP contribution is -2.41. The number of amides is 1. The summed E-state index contributed by atoms with van der Waals surface area (Å²) in [6.45, 7) is 6.79. The Morgan fingerprint density at radius 1 is 1.40 bits per heavy atom. The summed E-state index contributed by atoms with van der Waals surface area (Å²) < 4.78 is 5.35. The Labute approximate surface area is 118 Å². The molecule has 110 valence electrons. The van der Waals surface area contributed by atoms with E-state index in [-0.39, 0.29) is 17.6 Å². The highest BCUT2D eigenvalue weighted by Gasteiger charge is 2.28. The van der Waals surface area contributed by atoms with Crippen LogP contribution >= 0.6 is 0 Å². The Bertz CT molecular complexity index is 525. The number of nitrogens with zero attached hydrogens (tertiary/aromatic N) is 2. The van der Waals surface area contributed by atoms with Crippen LogP contribution < -0.4 is 5.56 Å². The van der Waals surface area contributed by atoms with Gasteiger partial charge in [-0.25, -0.2) is 9.89 Å². The van der Waals surface area contributed by atoms with Crippen molar-refractivity contribution in [2.24, 2.45) is 0 Å². The van der Waals surface area contributed by atoms with Crippen molar-refractivity contribution in [3.63, 3.8) is 0 Å². The molecule has 1 N–H and O–H groups in total. The summed E-state index contributed by atoms with van der Waals surface area (Å²) in [6.07, 6.45) is 2.86. The molecule has 0 bridgehead atoms. The molecule has 1 aliphatic heterocycles. The number of hydrogen-bond acceptors (Lipinski definition) is 4.